The van der Waals surface area contributed by atoms with E-state index >= 15 is 0 Å². The van der Waals surface area contributed by atoms with Crippen LogP contribution in [0.25, 0.3) is 0 Å². The number of hydrogen-bond donors (Lipinski definition) is 3. The first kappa shape index (κ1) is 30.5. The van der Waals surface area contributed by atoms with Crippen LogP contribution in [0.3, 0.4) is 0 Å². The zero-order valence-corrected chi connectivity index (χ0v) is 24.8. The quantitative estimate of drug-likeness (QED) is 0.394. The van der Waals surface area contributed by atoms with Crippen molar-refractivity contribution < 1.29 is 29.3 Å². The Labute approximate surface area is 242 Å². The van der Waals surface area contributed by atoms with Crippen molar-refractivity contribution in [2.45, 2.75) is 84.5 Å². The number of unbranched alkanes of at least 4 members (excludes halogenated alkanes) is 1. The molecule has 0 unspecified atom stereocenters. The predicted octanol–water partition coefficient (Wildman–Crippen LogP) is 4.27. The summed E-state index contributed by atoms with van der Waals surface area (Å²) >= 11 is 0. The second kappa shape index (κ2) is 12.6. The second-order valence-electron chi connectivity index (χ2n) is 11.8. The van der Waals surface area contributed by atoms with Gasteiger partial charge in [0.2, 0.25) is 11.8 Å². The number of carbonyl (C=O) groups is 3. The van der Waals surface area contributed by atoms with E-state index in [0.29, 0.717) is 50.5 Å². The maximum absolute atomic E-state index is 13.5. The minimum Gasteiger partial charge on any atom is -0.478 e. The molecule has 0 saturated carbocycles. The van der Waals surface area contributed by atoms with Crippen LogP contribution in [0, 0.1) is 19.8 Å². The van der Waals surface area contributed by atoms with Crippen LogP contribution in [-0.4, -0.2) is 75.1 Å². The molecule has 9 nitrogen and oxygen atoms in total. The number of amides is 2. The zero-order valence-electron chi connectivity index (χ0n) is 24.8. The van der Waals surface area contributed by atoms with Crippen molar-refractivity contribution >= 4 is 17.8 Å². The van der Waals surface area contributed by atoms with Crippen molar-refractivity contribution in [3.63, 3.8) is 0 Å². The van der Waals surface area contributed by atoms with Crippen molar-refractivity contribution in [2.75, 3.05) is 19.6 Å². The molecule has 222 valence electrons. The molecule has 2 amide bonds. The highest BCUT2D eigenvalue weighted by atomic mass is 16.5. The van der Waals surface area contributed by atoms with Gasteiger partial charge in [0.25, 0.3) is 0 Å². The normalized spacial score (nSPS) is 19.9. The summed E-state index contributed by atoms with van der Waals surface area (Å²) in [5, 5.41) is 22.8. The Hall–Kier alpha value is -3.43. The highest BCUT2D eigenvalue weighted by molar-refractivity contribution is 6.00. The maximum atomic E-state index is 13.5. The number of rotatable bonds is 10. The van der Waals surface area contributed by atoms with Gasteiger partial charge in [0.05, 0.1) is 11.7 Å². The van der Waals surface area contributed by atoms with Crippen molar-refractivity contribution in [1.29, 1.82) is 0 Å². The van der Waals surface area contributed by atoms with Crippen LogP contribution in [0.1, 0.15) is 73.5 Å². The van der Waals surface area contributed by atoms with Crippen LogP contribution in [0.5, 0.6) is 11.5 Å². The number of carboxylic acids is 1. The van der Waals surface area contributed by atoms with Crippen LogP contribution in [-0.2, 0) is 16.1 Å². The maximum Gasteiger partial charge on any atom is 0.335 e. The number of piperazine rings is 1. The Balaban J connectivity index is 1.41. The number of aliphatic hydroxyl groups is 1. The van der Waals surface area contributed by atoms with Crippen molar-refractivity contribution in [1.82, 2.24) is 15.1 Å². The van der Waals surface area contributed by atoms with Gasteiger partial charge in [0, 0.05) is 26.2 Å². The number of aromatic carboxylic acids is 1. The molecule has 2 atom stereocenters. The zero-order chi connectivity index (χ0) is 29.9. The van der Waals surface area contributed by atoms with E-state index in [-0.39, 0.29) is 23.3 Å². The molecular weight excluding hydrogens is 522 g/mol. The summed E-state index contributed by atoms with van der Waals surface area (Å²) in [6, 6.07) is 10.2. The van der Waals surface area contributed by atoms with Crippen LogP contribution in [0.2, 0.25) is 0 Å². The van der Waals surface area contributed by atoms with Crippen LogP contribution in [0.15, 0.2) is 36.4 Å². The van der Waals surface area contributed by atoms with E-state index in [1.807, 2.05) is 52.0 Å². The average molecular weight is 566 g/mol. The smallest absolute Gasteiger partial charge is 0.335 e. The molecule has 3 N–H and O–H groups in total. The molecule has 2 aromatic carbocycles. The fourth-order valence-corrected chi connectivity index (χ4v) is 5.95. The molecule has 2 aliphatic heterocycles. The van der Waals surface area contributed by atoms with Gasteiger partial charge in [0.1, 0.15) is 23.1 Å². The highest BCUT2D eigenvalue weighted by Crippen LogP contribution is 2.35. The largest absolute Gasteiger partial charge is 0.478 e. The molecule has 2 saturated heterocycles. The lowest BCUT2D eigenvalue weighted by Crippen LogP contribution is -2.74. The van der Waals surface area contributed by atoms with E-state index in [4.69, 9.17) is 4.74 Å². The summed E-state index contributed by atoms with van der Waals surface area (Å²) in [7, 11) is 0. The summed E-state index contributed by atoms with van der Waals surface area (Å²) in [6.45, 7) is 12.0. The van der Waals surface area contributed by atoms with Gasteiger partial charge in [-0.15, -0.1) is 0 Å². The third kappa shape index (κ3) is 6.41. The van der Waals surface area contributed by atoms with Crippen molar-refractivity contribution in [2.24, 2.45) is 5.92 Å². The molecule has 0 radical (unpaired) electrons. The van der Waals surface area contributed by atoms with Gasteiger partial charge >= 0.3 is 5.97 Å². The molecule has 2 aromatic rings. The second-order valence-corrected chi connectivity index (χ2v) is 11.8. The fourth-order valence-electron chi connectivity index (χ4n) is 5.95. The molecule has 0 aromatic heterocycles. The highest BCUT2D eigenvalue weighted by Gasteiger charge is 2.54. The van der Waals surface area contributed by atoms with Crippen molar-refractivity contribution in [3.8, 4) is 11.5 Å². The van der Waals surface area contributed by atoms with E-state index in [0.717, 1.165) is 29.5 Å². The molecule has 4 rings (SSSR count). The number of aliphatic hydroxyl groups excluding tert-OH is 1. The average Bonchev–Trinajstić information content (AvgIpc) is 2.94. The Morgan fingerprint density at radius 2 is 1.71 bits per heavy atom. The van der Waals surface area contributed by atoms with E-state index in [9.17, 15) is 24.6 Å². The number of nitrogens with one attached hydrogen (secondary N) is 1. The minimum atomic E-state index is -0.964. The summed E-state index contributed by atoms with van der Waals surface area (Å²) in [4.78, 5) is 42.4. The fraction of sp³-hybridized carbons (Fsp3) is 0.531. The first-order chi connectivity index (χ1) is 19.5. The SMILES string of the molecule is CCCCN1C(=O)[C@@H]([C@H](O)C(C)C)NC(=O)C12CCN(Cc1ccc(Oc3c(C)cc(C(=O)O)cc3C)cc1)CC2. The topological polar surface area (TPSA) is 119 Å². The molecule has 0 bridgehead atoms. The summed E-state index contributed by atoms with van der Waals surface area (Å²) in [6.07, 6.45) is 1.90. The first-order valence-corrected chi connectivity index (χ1v) is 14.6. The number of aryl methyl sites for hydroxylation is 2. The van der Waals surface area contributed by atoms with Gasteiger partial charge in [-0.1, -0.05) is 39.3 Å². The van der Waals surface area contributed by atoms with E-state index in [2.05, 4.69) is 17.1 Å². The molecule has 41 heavy (non-hydrogen) atoms. The predicted molar refractivity (Wildman–Crippen MR) is 156 cm³/mol. The summed E-state index contributed by atoms with van der Waals surface area (Å²) < 4.78 is 6.09. The number of ether oxygens (including phenoxy) is 1. The molecule has 9 heteroatoms. The first-order valence-electron chi connectivity index (χ1n) is 14.6. The van der Waals surface area contributed by atoms with Crippen LogP contribution < -0.4 is 10.1 Å². The monoisotopic (exact) mass is 565 g/mol. The van der Waals surface area contributed by atoms with Gasteiger partial charge < -0.3 is 25.2 Å². The molecule has 2 aliphatic rings. The third-order valence-corrected chi connectivity index (χ3v) is 8.46. The Kier molecular flexibility index (Phi) is 9.39. The number of nitrogens with zero attached hydrogens (tertiary/aromatic N) is 2. The van der Waals surface area contributed by atoms with E-state index in [1.54, 1.807) is 17.0 Å². The molecule has 1 spiro atoms. The molecule has 0 aliphatic carbocycles. The number of benzene rings is 2. The number of likely N-dealkylation sites (tertiary alicyclic amines) is 1. The number of piperidine rings is 1. The number of carbonyl (C=O) groups excluding carboxylic acids is 2. The third-order valence-electron chi connectivity index (χ3n) is 8.46. The van der Waals surface area contributed by atoms with Crippen molar-refractivity contribution in [3.05, 3.63) is 58.7 Å². The number of carboxylic acid groups (broad SMARTS) is 1. The standard InChI is InChI=1S/C32H43N3O6/c1-6-7-14-35-29(37)26(27(36)20(2)3)33-31(40)32(35)12-15-34(16-13-32)19-23-8-10-25(11-9-23)41-28-21(4)17-24(30(38)39)18-22(28)5/h8-11,17-18,20,26-27,36H,6-7,12-16,19H2,1-5H3,(H,33,40)(H,38,39)/t26-,27-/m1/s1. The van der Waals surface area contributed by atoms with Gasteiger partial charge in [-0.3, -0.25) is 14.5 Å². The Morgan fingerprint density at radius 3 is 2.24 bits per heavy atom. The lowest BCUT2D eigenvalue weighted by Gasteiger charge is -2.52. The van der Waals surface area contributed by atoms with Crippen LogP contribution >= 0.6 is 0 Å². The van der Waals surface area contributed by atoms with Gasteiger partial charge in [0.15, 0.2) is 0 Å². The molecule has 2 heterocycles. The van der Waals surface area contributed by atoms with Crippen LogP contribution in [0.4, 0.5) is 0 Å². The summed E-state index contributed by atoms with van der Waals surface area (Å²) in [5.41, 5.74) is 1.99. The van der Waals surface area contributed by atoms with E-state index in [1.165, 1.54) is 0 Å². The summed E-state index contributed by atoms with van der Waals surface area (Å²) in [5.74, 6) is -0.111. The Bertz CT molecular complexity index is 1240. The lowest BCUT2D eigenvalue weighted by molar-refractivity contribution is -0.165. The Morgan fingerprint density at radius 1 is 1.10 bits per heavy atom. The van der Waals surface area contributed by atoms with Gasteiger partial charge in [-0.05, 0) is 80.0 Å². The number of hydrogen-bond acceptors (Lipinski definition) is 6. The van der Waals surface area contributed by atoms with E-state index < -0.39 is 23.7 Å². The minimum absolute atomic E-state index is 0.143. The lowest BCUT2D eigenvalue weighted by atomic mass is 9.80. The molecular formula is C32H43N3O6. The van der Waals surface area contributed by atoms with Gasteiger partial charge in [-0.2, -0.15) is 0 Å². The van der Waals surface area contributed by atoms with Gasteiger partial charge in [-0.25, -0.2) is 4.79 Å². The molecule has 2 fully saturated rings.